The van der Waals surface area contributed by atoms with Crippen LogP contribution in [0, 0.1) is 5.92 Å². The highest BCUT2D eigenvalue weighted by atomic mass is 16.2. The largest absolute Gasteiger partial charge is 0.515 e. The molecule has 1 unspecified atom stereocenters. The van der Waals surface area contributed by atoms with Gasteiger partial charge in [0, 0.05) is 35.5 Å². The van der Waals surface area contributed by atoms with Gasteiger partial charge in [0.2, 0.25) is 5.91 Å². The number of aliphatic hydroxyl groups is 1. The first-order valence-corrected chi connectivity index (χ1v) is 11.8. The SMILES string of the molecule is CNC(=O)CC1=C2CC(C)C(=CC3=C(C)/C(=C/O)C(=N3)C=C3N=C(C=C4C=C(C)C1=N4)C=C3C)N2. The van der Waals surface area contributed by atoms with E-state index in [4.69, 9.17) is 15.0 Å². The van der Waals surface area contributed by atoms with Gasteiger partial charge in [-0.3, -0.25) is 4.79 Å². The zero-order valence-corrected chi connectivity index (χ0v) is 20.7. The summed E-state index contributed by atoms with van der Waals surface area (Å²) in [6, 6.07) is 0. The fraction of sp³-hybridized carbons (Fsp3) is 0.286. The minimum Gasteiger partial charge on any atom is -0.515 e. The van der Waals surface area contributed by atoms with Crippen LogP contribution in [0.25, 0.3) is 0 Å². The molecule has 0 spiro atoms. The Morgan fingerprint density at radius 1 is 1.11 bits per heavy atom. The smallest absolute Gasteiger partial charge is 0.224 e. The third-order valence-electron chi connectivity index (χ3n) is 6.90. The summed E-state index contributed by atoms with van der Waals surface area (Å²) in [7, 11) is 1.65. The number of carbonyl (C=O) groups excluding carboxylic acids is 1. The lowest BCUT2D eigenvalue weighted by Gasteiger charge is -2.13. The summed E-state index contributed by atoms with van der Waals surface area (Å²) in [5.41, 5.74) is 11.3. The number of hydrogen-bond acceptors (Lipinski definition) is 6. The molecule has 0 aromatic heterocycles. The van der Waals surface area contributed by atoms with Gasteiger partial charge in [-0.2, -0.15) is 0 Å². The molecule has 178 valence electrons. The van der Waals surface area contributed by atoms with Crippen molar-refractivity contribution >= 4 is 23.0 Å². The molecule has 3 N–H and O–H groups in total. The molecule has 0 aromatic carbocycles. The number of aliphatic hydroxyl groups excluding tert-OH is 1. The molecule has 5 aliphatic rings. The molecule has 0 saturated carbocycles. The Labute approximate surface area is 205 Å². The maximum Gasteiger partial charge on any atom is 0.224 e. The normalized spacial score (nSPS) is 24.4. The Kier molecular flexibility index (Phi) is 5.63. The van der Waals surface area contributed by atoms with Crippen molar-refractivity contribution in [1.29, 1.82) is 0 Å². The van der Waals surface area contributed by atoms with Gasteiger partial charge < -0.3 is 15.7 Å². The molecular formula is C28H29N5O2. The van der Waals surface area contributed by atoms with Crippen LogP contribution in [-0.4, -0.2) is 35.2 Å². The van der Waals surface area contributed by atoms with Gasteiger partial charge in [-0.25, -0.2) is 15.0 Å². The van der Waals surface area contributed by atoms with Gasteiger partial charge >= 0.3 is 0 Å². The number of carbonyl (C=O) groups is 1. The highest BCUT2D eigenvalue weighted by Gasteiger charge is 2.30. The van der Waals surface area contributed by atoms with E-state index >= 15 is 0 Å². The number of aliphatic imine (C=N–C) groups is 3. The Morgan fingerprint density at radius 3 is 2.66 bits per heavy atom. The van der Waals surface area contributed by atoms with Crippen LogP contribution in [0.1, 0.15) is 40.5 Å². The van der Waals surface area contributed by atoms with Crippen molar-refractivity contribution in [2.45, 2.75) is 40.5 Å². The molecule has 7 heteroatoms. The lowest BCUT2D eigenvalue weighted by molar-refractivity contribution is -0.119. The second kappa shape index (κ2) is 8.65. The highest BCUT2D eigenvalue weighted by Crippen LogP contribution is 2.36. The molecule has 5 rings (SSSR count). The number of allylic oxidation sites excluding steroid dienone is 11. The predicted octanol–water partition coefficient (Wildman–Crippen LogP) is 4.64. The van der Waals surface area contributed by atoms with E-state index in [1.54, 1.807) is 7.05 Å². The zero-order chi connectivity index (χ0) is 24.9. The van der Waals surface area contributed by atoms with Crippen LogP contribution >= 0.6 is 0 Å². The summed E-state index contributed by atoms with van der Waals surface area (Å²) in [6.07, 6.45) is 12.1. The summed E-state index contributed by atoms with van der Waals surface area (Å²) in [5.74, 6) is 0.157. The molecule has 8 bridgehead atoms. The fourth-order valence-electron chi connectivity index (χ4n) is 4.86. The van der Waals surface area contributed by atoms with E-state index in [0.717, 1.165) is 74.9 Å². The standard InChI is InChI=1S/C28H29N5O2/c1-14-6-18-9-19-7-16(3)28(31-19)20(10-27(35)29-5)25-8-15(2)23(32-25)11-24-17(4)21(13-34)26(33-24)12-22(14)30-18/h6-7,9,11-13,15,32,34H,8,10H2,1-5H3,(H,29,35)/b19-9?,21-13-,22-12?,23-11?,25-20?. The minimum atomic E-state index is -0.0588. The van der Waals surface area contributed by atoms with Crippen LogP contribution in [0.4, 0.5) is 0 Å². The highest BCUT2D eigenvalue weighted by molar-refractivity contribution is 6.18. The number of rotatable bonds is 2. The number of nitrogens with zero attached hydrogens (tertiary/aromatic N) is 3. The van der Waals surface area contributed by atoms with Crippen LogP contribution in [0.15, 0.2) is 108 Å². The first-order chi connectivity index (χ1) is 16.8. The molecule has 1 amide bonds. The van der Waals surface area contributed by atoms with E-state index in [1.807, 2.05) is 51.2 Å². The first-order valence-electron chi connectivity index (χ1n) is 11.8. The van der Waals surface area contributed by atoms with Gasteiger partial charge in [0.05, 0.1) is 46.9 Å². The van der Waals surface area contributed by atoms with Crippen molar-refractivity contribution in [3.8, 4) is 0 Å². The third-order valence-corrected chi connectivity index (χ3v) is 6.90. The van der Waals surface area contributed by atoms with Crippen LogP contribution in [-0.2, 0) is 4.79 Å². The zero-order valence-electron chi connectivity index (χ0n) is 20.7. The van der Waals surface area contributed by atoms with Crippen LogP contribution < -0.4 is 10.6 Å². The summed E-state index contributed by atoms with van der Waals surface area (Å²) in [5, 5.41) is 16.3. The van der Waals surface area contributed by atoms with Crippen molar-refractivity contribution in [2.75, 3.05) is 7.05 Å². The molecule has 5 aliphatic heterocycles. The lowest BCUT2D eigenvalue weighted by atomic mass is 9.96. The average Bonchev–Trinajstić information content (AvgIpc) is 3.54. The maximum atomic E-state index is 12.5. The maximum absolute atomic E-state index is 12.5. The molecule has 1 atom stereocenters. The Hall–Kier alpha value is -4.00. The summed E-state index contributed by atoms with van der Waals surface area (Å²) in [6.45, 7) is 8.16. The van der Waals surface area contributed by atoms with Crippen molar-refractivity contribution in [3.63, 3.8) is 0 Å². The summed E-state index contributed by atoms with van der Waals surface area (Å²) in [4.78, 5) is 27.0. The number of nitrogens with one attached hydrogen (secondary N) is 2. The molecule has 5 heterocycles. The summed E-state index contributed by atoms with van der Waals surface area (Å²) >= 11 is 0. The van der Waals surface area contributed by atoms with Crippen LogP contribution in [0.3, 0.4) is 0 Å². The molecule has 0 aliphatic carbocycles. The monoisotopic (exact) mass is 467 g/mol. The van der Waals surface area contributed by atoms with Gasteiger partial charge in [0.1, 0.15) is 0 Å². The third kappa shape index (κ3) is 4.07. The van der Waals surface area contributed by atoms with E-state index < -0.39 is 0 Å². The van der Waals surface area contributed by atoms with E-state index in [2.05, 4.69) is 17.6 Å². The molecule has 1 saturated heterocycles. The second-order valence-electron chi connectivity index (χ2n) is 9.44. The van der Waals surface area contributed by atoms with Gasteiger partial charge in [-0.15, -0.1) is 0 Å². The van der Waals surface area contributed by atoms with Crippen molar-refractivity contribution < 1.29 is 9.90 Å². The first kappa shape index (κ1) is 22.8. The molecule has 7 nitrogen and oxygen atoms in total. The van der Waals surface area contributed by atoms with Gasteiger partial charge in [0.15, 0.2) is 0 Å². The molecule has 0 radical (unpaired) electrons. The average molecular weight is 468 g/mol. The Bertz CT molecular complexity index is 1400. The minimum absolute atomic E-state index is 0.0588. The van der Waals surface area contributed by atoms with Crippen LogP contribution in [0.2, 0.25) is 0 Å². The molecule has 1 fully saturated rings. The topological polar surface area (TPSA) is 98.4 Å². The van der Waals surface area contributed by atoms with E-state index in [9.17, 15) is 9.90 Å². The number of amides is 1. The number of hydrogen-bond donors (Lipinski definition) is 3. The quantitative estimate of drug-likeness (QED) is 0.516. The number of fused-ring (bicyclic) bond motifs is 5. The van der Waals surface area contributed by atoms with Crippen molar-refractivity contribution in [3.05, 3.63) is 93.0 Å². The van der Waals surface area contributed by atoms with Crippen LogP contribution in [0.5, 0.6) is 0 Å². The molecule has 35 heavy (non-hydrogen) atoms. The Morgan fingerprint density at radius 2 is 1.91 bits per heavy atom. The van der Waals surface area contributed by atoms with Crippen molar-refractivity contribution in [2.24, 2.45) is 20.9 Å². The predicted molar refractivity (Wildman–Crippen MR) is 140 cm³/mol. The van der Waals surface area contributed by atoms with E-state index in [0.29, 0.717) is 11.3 Å². The second-order valence-corrected chi connectivity index (χ2v) is 9.44. The lowest BCUT2D eigenvalue weighted by Crippen LogP contribution is -2.22. The van der Waals surface area contributed by atoms with E-state index in [1.165, 1.54) is 0 Å². The van der Waals surface area contributed by atoms with Gasteiger partial charge in [-0.05, 0) is 74.3 Å². The fourth-order valence-corrected chi connectivity index (χ4v) is 4.86. The summed E-state index contributed by atoms with van der Waals surface area (Å²) < 4.78 is 0. The molecular weight excluding hydrogens is 438 g/mol. The van der Waals surface area contributed by atoms with Gasteiger partial charge in [-0.1, -0.05) is 6.92 Å². The van der Waals surface area contributed by atoms with Crippen molar-refractivity contribution in [1.82, 2.24) is 10.6 Å². The Balaban J connectivity index is 1.73. The molecule has 0 aromatic rings. The van der Waals surface area contributed by atoms with Gasteiger partial charge in [0.25, 0.3) is 0 Å². The van der Waals surface area contributed by atoms with E-state index in [-0.39, 0.29) is 18.2 Å².